The number of carbonyl (C=O) groups is 2. The summed E-state index contributed by atoms with van der Waals surface area (Å²) < 4.78 is 10.1. The molecule has 0 aromatic carbocycles. The van der Waals surface area contributed by atoms with Crippen molar-refractivity contribution >= 4 is 12.1 Å². The predicted octanol–water partition coefficient (Wildman–Crippen LogP) is 1.95. The minimum absolute atomic E-state index is 0.283. The molecule has 0 saturated heterocycles. The van der Waals surface area contributed by atoms with Gasteiger partial charge in [0.1, 0.15) is 11.6 Å². The topological polar surface area (TPSA) is 84.9 Å². The third kappa shape index (κ3) is 10.1. The molecule has 0 radical (unpaired) electrons. The van der Waals surface area contributed by atoms with E-state index in [0.717, 1.165) is 0 Å². The first-order valence-corrected chi connectivity index (χ1v) is 6.17. The highest BCUT2D eigenvalue weighted by atomic mass is 16.6. The molecule has 0 aliphatic carbocycles. The molecule has 2 N–H and O–H groups in total. The van der Waals surface area contributed by atoms with Crippen LogP contribution in [0.4, 0.5) is 4.79 Å². The fourth-order valence-corrected chi connectivity index (χ4v) is 1.26. The van der Waals surface area contributed by atoms with Gasteiger partial charge in [-0.05, 0) is 33.6 Å². The normalized spacial score (nSPS) is 12.6. The van der Waals surface area contributed by atoms with Gasteiger partial charge in [-0.1, -0.05) is 6.08 Å². The molecule has 0 heterocycles. The molecule has 0 aromatic rings. The molecule has 1 unspecified atom stereocenters. The summed E-state index contributed by atoms with van der Waals surface area (Å²) in [6, 6.07) is -0.970. The quantitative estimate of drug-likeness (QED) is 0.521. The molecule has 0 aliphatic rings. The number of aliphatic carboxylic acids is 1. The summed E-state index contributed by atoms with van der Waals surface area (Å²) >= 11 is 0. The van der Waals surface area contributed by atoms with Gasteiger partial charge >= 0.3 is 12.1 Å². The molecule has 110 valence electrons. The Morgan fingerprint density at radius 3 is 2.53 bits per heavy atom. The highest BCUT2D eigenvalue weighted by Gasteiger charge is 2.23. The monoisotopic (exact) mass is 273 g/mol. The third-order valence-electron chi connectivity index (χ3n) is 2.01. The molecule has 6 heteroatoms. The summed E-state index contributed by atoms with van der Waals surface area (Å²) in [5, 5.41) is 11.3. The predicted molar refractivity (Wildman–Crippen MR) is 71.0 cm³/mol. The Morgan fingerprint density at radius 1 is 1.42 bits per heavy atom. The minimum Gasteiger partial charge on any atom is -0.480 e. The lowest BCUT2D eigenvalue weighted by molar-refractivity contribution is -0.139. The number of nitrogens with one attached hydrogen (secondary N) is 1. The number of rotatable bonds is 8. The molecule has 0 fully saturated rings. The van der Waals surface area contributed by atoms with Gasteiger partial charge in [-0.25, -0.2) is 9.59 Å². The molecular formula is C13H23NO5. The van der Waals surface area contributed by atoms with Crippen LogP contribution in [0, 0.1) is 0 Å². The lowest BCUT2D eigenvalue weighted by Gasteiger charge is -2.22. The average molecular weight is 273 g/mol. The van der Waals surface area contributed by atoms with Crippen LogP contribution in [0.5, 0.6) is 0 Å². The Kier molecular flexibility index (Phi) is 7.83. The van der Waals surface area contributed by atoms with Gasteiger partial charge in [0.25, 0.3) is 0 Å². The number of alkyl carbamates (subject to hydrolysis) is 1. The number of ether oxygens (including phenoxy) is 2. The molecule has 0 bridgehead atoms. The van der Waals surface area contributed by atoms with E-state index in [-0.39, 0.29) is 6.42 Å². The first kappa shape index (κ1) is 17.4. The first-order valence-electron chi connectivity index (χ1n) is 6.17. The molecule has 1 amide bonds. The summed E-state index contributed by atoms with van der Waals surface area (Å²) in [6.07, 6.45) is 1.70. The van der Waals surface area contributed by atoms with Crippen LogP contribution in [0.25, 0.3) is 0 Å². The number of carboxylic acid groups (broad SMARTS) is 1. The maximum Gasteiger partial charge on any atom is 0.408 e. The van der Waals surface area contributed by atoms with Crippen molar-refractivity contribution in [3.63, 3.8) is 0 Å². The largest absolute Gasteiger partial charge is 0.480 e. The summed E-state index contributed by atoms with van der Waals surface area (Å²) in [5.41, 5.74) is -0.653. The van der Waals surface area contributed by atoms with Crippen LogP contribution in [0.2, 0.25) is 0 Å². The molecular weight excluding hydrogens is 250 g/mol. The van der Waals surface area contributed by atoms with Gasteiger partial charge in [0, 0.05) is 6.61 Å². The number of amides is 1. The number of carboxylic acids is 1. The van der Waals surface area contributed by atoms with E-state index in [9.17, 15) is 9.59 Å². The SMILES string of the molecule is C=CCOCCCC(NC(=O)OC(C)(C)C)C(=O)O. The van der Waals surface area contributed by atoms with Gasteiger partial charge < -0.3 is 19.9 Å². The second-order valence-corrected chi connectivity index (χ2v) is 5.04. The van der Waals surface area contributed by atoms with Crippen LogP contribution in [0.3, 0.4) is 0 Å². The van der Waals surface area contributed by atoms with Crippen LogP contribution in [-0.2, 0) is 14.3 Å². The maximum absolute atomic E-state index is 11.5. The van der Waals surface area contributed by atoms with Crippen molar-refractivity contribution in [2.24, 2.45) is 0 Å². The van der Waals surface area contributed by atoms with Crippen molar-refractivity contribution < 1.29 is 24.2 Å². The maximum atomic E-state index is 11.5. The Morgan fingerprint density at radius 2 is 2.05 bits per heavy atom. The summed E-state index contributed by atoms with van der Waals surface area (Å²) in [7, 11) is 0. The van der Waals surface area contributed by atoms with E-state index in [2.05, 4.69) is 11.9 Å². The molecule has 1 atom stereocenters. The van der Waals surface area contributed by atoms with Crippen LogP contribution in [-0.4, -0.2) is 42.0 Å². The van der Waals surface area contributed by atoms with Crippen molar-refractivity contribution in [2.45, 2.75) is 45.3 Å². The van der Waals surface area contributed by atoms with Crippen LogP contribution in [0.15, 0.2) is 12.7 Å². The molecule has 19 heavy (non-hydrogen) atoms. The fraction of sp³-hybridized carbons (Fsp3) is 0.692. The molecule has 0 aliphatic heterocycles. The van der Waals surface area contributed by atoms with E-state index in [1.807, 2.05) is 0 Å². The van der Waals surface area contributed by atoms with E-state index in [1.54, 1.807) is 26.8 Å². The van der Waals surface area contributed by atoms with Crippen LogP contribution >= 0.6 is 0 Å². The van der Waals surface area contributed by atoms with Gasteiger partial charge in [-0.15, -0.1) is 6.58 Å². The first-order chi connectivity index (χ1) is 8.76. The highest BCUT2D eigenvalue weighted by molar-refractivity contribution is 5.79. The zero-order chi connectivity index (χ0) is 14.9. The van der Waals surface area contributed by atoms with Crippen LogP contribution < -0.4 is 5.32 Å². The van der Waals surface area contributed by atoms with Gasteiger partial charge in [-0.3, -0.25) is 0 Å². The van der Waals surface area contributed by atoms with Gasteiger partial charge in [0.2, 0.25) is 0 Å². The minimum atomic E-state index is -1.09. The smallest absolute Gasteiger partial charge is 0.408 e. The molecule has 0 spiro atoms. The molecule has 0 rings (SSSR count). The van der Waals surface area contributed by atoms with Crippen molar-refractivity contribution in [3.8, 4) is 0 Å². The number of carbonyl (C=O) groups excluding carboxylic acids is 1. The zero-order valence-corrected chi connectivity index (χ0v) is 11.8. The van der Waals surface area contributed by atoms with E-state index in [1.165, 1.54) is 0 Å². The average Bonchev–Trinajstić information content (AvgIpc) is 2.24. The highest BCUT2D eigenvalue weighted by Crippen LogP contribution is 2.07. The molecule has 6 nitrogen and oxygen atoms in total. The standard InChI is InChI=1S/C13H23NO5/c1-5-8-18-9-6-7-10(11(15)16)14-12(17)19-13(2,3)4/h5,10H,1,6-9H2,2-4H3,(H,14,17)(H,15,16). The Hall–Kier alpha value is -1.56. The zero-order valence-electron chi connectivity index (χ0n) is 11.8. The number of hydrogen-bond donors (Lipinski definition) is 2. The van der Waals surface area contributed by atoms with Gasteiger partial charge in [0.05, 0.1) is 6.61 Å². The molecule has 0 saturated carbocycles. The third-order valence-corrected chi connectivity index (χ3v) is 2.01. The molecule has 0 aromatic heterocycles. The Balaban J connectivity index is 4.08. The van der Waals surface area contributed by atoms with Crippen molar-refractivity contribution in [1.82, 2.24) is 5.32 Å². The lowest BCUT2D eigenvalue weighted by Crippen LogP contribution is -2.43. The second-order valence-electron chi connectivity index (χ2n) is 5.04. The fourth-order valence-electron chi connectivity index (χ4n) is 1.26. The Labute approximate surface area is 113 Å². The van der Waals surface area contributed by atoms with E-state index < -0.39 is 23.7 Å². The van der Waals surface area contributed by atoms with Crippen molar-refractivity contribution in [2.75, 3.05) is 13.2 Å². The van der Waals surface area contributed by atoms with E-state index in [4.69, 9.17) is 14.6 Å². The van der Waals surface area contributed by atoms with Crippen molar-refractivity contribution in [3.05, 3.63) is 12.7 Å². The Bertz CT molecular complexity index is 309. The summed E-state index contributed by atoms with van der Waals surface area (Å²) in [5.74, 6) is -1.09. The van der Waals surface area contributed by atoms with Crippen molar-refractivity contribution in [1.29, 1.82) is 0 Å². The van der Waals surface area contributed by atoms with Crippen LogP contribution in [0.1, 0.15) is 33.6 Å². The summed E-state index contributed by atoms with van der Waals surface area (Å²) in [6.45, 7) is 9.49. The second kappa shape index (κ2) is 8.53. The number of hydrogen-bond acceptors (Lipinski definition) is 4. The van der Waals surface area contributed by atoms with E-state index in [0.29, 0.717) is 19.6 Å². The lowest BCUT2D eigenvalue weighted by atomic mass is 10.1. The van der Waals surface area contributed by atoms with Gasteiger partial charge in [0.15, 0.2) is 0 Å². The summed E-state index contributed by atoms with van der Waals surface area (Å²) in [4.78, 5) is 22.5. The van der Waals surface area contributed by atoms with E-state index >= 15 is 0 Å². The van der Waals surface area contributed by atoms with Gasteiger partial charge in [-0.2, -0.15) is 0 Å².